The maximum atomic E-state index is 5.84. The SMILES string of the molecule is CN(CC1CCCOC1)c1nc(N)cn2ccnc12. The summed E-state index contributed by atoms with van der Waals surface area (Å²) in [6.07, 6.45) is 7.77. The highest BCUT2D eigenvalue weighted by atomic mass is 16.5. The second-order valence-corrected chi connectivity index (χ2v) is 5.11. The first-order chi connectivity index (χ1) is 9.24. The molecule has 1 aliphatic rings. The lowest BCUT2D eigenvalue weighted by atomic mass is 10.0. The predicted molar refractivity (Wildman–Crippen MR) is 74.2 cm³/mol. The van der Waals surface area contributed by atoms with Crippen molar-refractivity contribution in [1.82, 2.24) is 14.4 Å². The van der Waals surface area contributed by atoms with E-state index in [2.05, 4.69) is 14.9 Å². The molecule has 19 heavy (non-hydrogen) atoms. The lowest BCUT2D eigenvalue weighted by Gasteiger charge is -2.27. The summed E-state index contributed by atoms with van der Waals surface area (Å²) in [6, 6.07) is 0. The van der Waals surface area contributed by atoms with E-state index in [1.807, 2.05) is 17.6 Å². The van der Waals surface area contributed by atoms with Crippen molar-refractivity contribution >= 4 is 17.3 Å². The lowest BCUT2D eigenvalue weighted by molar-refractivity contribution is 0.0576. The second-order valence-electron chi connectivity index (χ2n) is 5.11. The van der Waals surface area contributed by atoms with Crippen molar-refractivity contribution in [3.8, 4) is 0 Å². The van der Waals surface area contributed by atoms with Gasteiger partial charge in [-0.25, -0.2) is 9.97 Å². The van der Waals surface area contributed by atoms with Gasteiger partial charge in [-0.1, -0.05) is 0 Å². The van der Waals surface area contributed by atoms with Gasteiger partial charge in [0.1, 0.15) is 5.82 Å². The molecule has 102 valence electrons. The Morgan fingerprint density at radius 3 is 3.26 bits per heavy atom. The number of rotatable bonds is 3. The molecule has 2 aromatic heterocycles. The molecule has 0 spiro atoms. The third-order valence-corrected chi connectivity index (χ3v) is 3.52. The van der Waals surface area contributed by atoms with Crippen LogP contribution >= 0.6 is 0 Å². The third-order valence-electron chi connectivity index (χ3n) is 3.52. The van der Waals surface area contributed by atoms with Crippen molar-refractivity contribution < 1.29 is 4.74 Å². The number of nitrogens with zero attached hydrogens (tertiary/aromatic N) is 4. The van der Waals surface area contributed by atoms with Gasteiger partial charge in [-0.15, -0.1) is 0 Å². The molecule has 2 N–H and O–H groups in total. The normalized spacial score (nSPS) is 19.7. The van der Waals surface area contributed by atoms with E-state index in [1.165, 1.54) is 6.42 Å². The number of anilines is 2. The van der Waals surface area contributed by atoms with E-state index in [0.717, 1.165) is 37.6 Å². The number of aromatic nitrogens is 3. The van der Waals surface area contributed by atoms with Crippen LogP contribution in [0, 0.1) is 5.92 Å². The van der Waals surface area contributed by atoms with Crippen LogP contribution in [0.15, 0.2) is 18.6 Å². The first-order valence-electron chi connectivity index (χ1n) is 6.62. The molecule has 3 rings (SSSR count). The monoisotopic (exact) mass is 261 g/mol. The van der Waals surface area contributed by atoms with E-state index in [4.69, 9.17) is 10.5 Å². The second kappa shape index (κ2) is 5.05. The topological polar surface area (TPSA) is 68.7 Å². The fraction of sp³-hybridized carbons (Fsp3) is 0.538. The summed E-state index contributed by atoms with van der Waals surface area (Å²) in [5.41, 5.74) is 6.68. The minimum absolute atomic E-state index is 0.507. The molecule has 1 unspecified atom stereocenters. The van der Waals surface area contributed by atoms with Crippen LogP contribution in [0.1, 0.15) is 12.8 Å². The molecule has 0 saturated carbocycles. The van der Waals surface area contributed by atoms with Crippen LogP contribution in [0.2, 0.25) is 0 Å². The Kier molecular flexibility index (Phi) is 3.25. The van der Waals surface area contributed by atoms with E-state index in [-0.39, 0.29) is 0 Å². The van der Waals surface area contributed by atoms with Crippen molar-refractivity contribution in [1.29, 1.82) is 0 Å². The van der Waals surface area contributed by atoms with E-state index < -0.39 is 0 Å². The van der Waals surface area contributed by atoms with Gasteiger partial charge in [-0.2, -0.15) is 0 Å². The van der Waals surface area contributed by atoms with Crippen LogP contribution in [0.4, 0.5) is 11.6 Å². The Hall–Kier alpha value is -1.82. The van der Waals surface area contributed by atoms with E-state index in [0.29, 0.717) is 11.7 Å². The summed E-state index contributed by atoms with van der Waals surface area (Å²) in [6.45, 7) is 2.64. The summed E-state index contributed by atoms with van der Waals surface area (Å²) < 4.78 is 7.43. The summed E-state index contributed by atoms with van der Waals surface area (Å²) >= 11 is 0. The molecule has 1 saturated heterocycles. The summed E-state index contributed by atoms with van der Waals surface area (Å²) in [4.78, 5) is 10.9. The average molecular weight is 261 g/mol. The number of imidazole rings is 1. The van der Waals surface area contributed by atoms with Gasteiger partial charge in [0.15, 0.2) is 11.5 Å². The minimum Gasteiger partial charge on any atom is -0.382 e. The molecule has 6 heteroatoms. The molecule has 0 bridgehead atoms. The van der Waals surface area contributed by atoms with Crippen LogP contribution in [0.3, 0.4) is 0 Å². The van der Waals surface area contributed by atoms with Crippen LogP contribution in [0.25, 0.3) is 5.65 Å². The summed E-state index contributed by atoms with van der Waals surface area (Å²) in [5.74, 6) is 1.89. The molecule has 0 aromatic carbocycles. The zero-order valence-electron chi connectivity index (χ0n) is 11.1. The molecule has 1 atom stereocenters. The summed E-state index contributed by atoms with van der Waals surface area (Å²) in [5, 5.41) is 0. The average Bonchev–Trinajstić information content (AvgIpc) is 2.86. The largest absolute Gasteiger partial charge is 0.382 e. The van der Waals surface area contributed by atoms with Crippen LogP contribution in [-0.2, 0) is 4.74 Å². The van der Waals surface area contributed by atoms with E-state index >= 15 is 0 Å². The number of hydrogen-bond donors (Lipinski definition) is 1. The zero-order chi connectivity index (χ0) is 13.2. The van der Waals surface area contributed by atoms with Gasteiger partial charge in [0.05, 0.1) is 12.8 Å². The fourth-order valence-corrected chi connectivity index (χ4v) is 2.62. The fourth-order valence-electron chi connectivity index (χ4n) is 2.62. The molecule has 3 heterocycles. The first kappa shape index (κ1) is 12.2. The third kappa shape index (κ3) is 2.49. The molecular weight excluding hydrogens is 242 g/mol. The molecular formula is C13H19N5O. The Labute approximate surface area is 112 Å². The van der Waals surface area contributed by atoms with Crippen LogP contribution in [0.5, 0.6) is 0 Å². The van der Waals surface area contributed by atoms with E-state index in [1.54, 1.807) is 12.4 Å². The summed E-state index contributed by atoms with van der Waals surface area (Å²) in [7, 11) is 2.03. The highest BCUT2D eigenvalue weighted by molar-refractivity contribution is 5.65. The maximum Gasteiger partial charge on any atom is 0.180 e. The smallest absolute Gasteiger partial charge is 0.180 e. The Bertz CT molecular complexity index is 561. The van der Waals surface area contributed by atoms with E-state index in [9.17, 15) is 0 Å². The van der Waals surface area contributed by atoms with Crippen molar-refractivity contribution in [3.05, 3.63) is 18.6 Å². The van der Waals surface area contributed by atoms with Gasteiger partial charge in [-0.3, -0.25) is 0 Å². The lowest BCUT2D eigenvalue weighted by Crippen LogP contribution is -2.31. The molecule has 0 aliphatic carbocycles. The highest BCUT2D eigenvalue weighted by Gasteiger charge is 2.18. The van der Waals surface area contributed by atoms with Crippen molar-refractivity contribution in [3.63, 3.8) is 0 Å². The standard InChI is InChI=1S/C13H19N5O/c1-17(7-10-3-2-6-19-9-10)13-12-15-4-5-18(12)8-11(14)16-13/h4-5,8,10H,2-3,6-7,9,14H2,1H3. The van der Waals surface area contributed by atoms with Gasteiger partial charge in [0.2, 0.25) is 0 Å². The van der Waals surface area contributed by atoms with Crippen molar-refractivity contribution in [2.24, 2.45) is 5.92 Å². The van der Waals surface area contributed by atoms with Gasteiger partial charge in [0.25, 0.3) is 0 Å². The predicted octanol–water partition coefficient (Wildman–Crippen LogP) is 1.17. The molecule has 0 amide bonds. The quantitative estimate of drug-likeness (QED) is 0.898. The molecule has 6 nitrogen and oxygen atoms in total. The number of nitrogen functional groups attached to an aromatic ring is 1. The van der Waals surface area contributed by atoms with Crippen molar-refractivity contribution in [2.45, 2.75) is 12.8 Å². The molecule has 0 radical (unpaired) electrons. The first-order valence-corrected chi connectivity index (χ1v) is 6.62. The zero-order valence-corrected chi connectivity index (χ0v) is 11.1. The number of hydrogen-bond acceptors (Lipinski definition) is 5. The van der Waals surface area contributed by atoms with Crippen LogP contribution < -0.4 is 10.6 Å². The molecule has 1 aliphatic heterocycles. The minimum atomic E-state index is 0.507. The maximum absolute atomic E-state index is 5.84. The highest BCUT2D eigenvalue weighted by Crippen LogP contribution is 2.21. The molecule has 1 fully saturated rings. The molecule has 2 aromatic rings. The van der Waals surface area contributed by atoms with Crippen LogP contribution in [-0.4, -0.2) is 41.2 Å². The number of ether oxygens (including phenoxy) is 1. The van der Waals surface area contributed by atoms with Gasteiger partial charge in [-0.05, 0) is 18.8 Å². The Morgan fingerprint density at radius 2 is 2.47 bits per heavy atom. The Morgan fingerprint density at radius 1 is 1.58 bits per heavy atom. The van der Waals surface area contributed by atoms with Crippen molar-refractivity contribution in [2.75, 3.05) is 37.4 Å². The Balaban J connectivity index is 1.83. The van der Waals surface area contributed by atoms with Gasteiger partial charge >= 0.3 is 0 Å². The number of nitrogens with two attached hydrogens (primary N) is 1. The van der Waals surface area contributed by atoms with Gasteiger partial charge < -0.3 is 19.8 Å². The number of fused-ring (bicyclic) bond motifs is 1. The van der Waals surface area contributed by atoms with Gasteiger partial charge in [0, 0.05) is 32.6 Å².